The van der Waals surface area contributed by atoms with Gasteiger partial charge < -0.3 is 4.74 Å². The summed E-state index contributed by atoms with van der Waals surface area (Å²) >= 11 is 0. The lowest BCUT2D eigenvalue weighted by Crippen LogP contribution is -2.23. The van der Waals surface area contributed by atoms with Crippen molar-refractivity contribution in [2.24, 2.45) is 0 Å². The highest BCUT2D eigenvalue weighted by molar-refractivity contribution is 5.31. The first-order valence-electron chi connectivity index (χ1n) is 6.23. The van der Waals surface area contributed by atoms with Gasteiger partial charge in [-0.15, -0.1) is 0 Å². The monoisotopic (exact) mass is 219 g/mol. The number of nitrogens with zero attached hydrogens (tertiary/aromatic N) is 1. The summed E-state index contributed by atoms with van der Waals surface area (Å²) in [6, 6.07) is 9.12. The molecule has 0 N–H and O–H groups in total. The molecule has 2 nitrogen and oxygen atoms in total. The first-order chi connectivity index (χ1) is 7.85. The molecule has 0 bridgehead atoms. The molecule has 2 heteroatoms. The van der Waals surface area contributed by atoms with Crippen LogP contribution in [0.4, 0.5) is 0 Å². The van der Waals surface area contributed by atoms with E-state index in [1.807, 2.05) is 6.07 Å². The molecule has 1 heterocycles. The summed E-state index contributed by atoms with van der Waals surface area (Å²) in [5, 5.41) is 0. The van der Waals surface area contributed by atoms with Crippen LogP contribution in [0.25, 0.3) is 0 Å². The van der Waals surface area contributed by atoms with Gasteiger partial charge in [0.15, 0.2) is 0 Å². The van der Waals surface area contributed by atoms with Crippen LogP contribution < -0.4 is 4.74 Å². The van der Waals surface area contributed by atoms with Gasteiger partial charge in [0.25, 0.3) is 0 Å². The molecule has 1 fully saturated rings. The van der Waals surface area contributed by atoms with E-state index in [0.29, 0.717) is 6.04 Å². The summed E-state index contributed by atoms with van der Waals surface area (Å²) in [6.45, 7) is 4.71. The van der Waals surface area contributed by atoms with E-state index < -0.39 is 0 Å². The normalized spacial score (nSPS) is 21.2. The van der Waals surface area contributed by atoms with Crippen molar-refractivity contribution in [1.82, 2.24) is 4.90 Å². The molecule has 88 valence electrons. The van der Waals surface area contributed by atoms with Crippen molar-refractivity contribution in [3.05, 3.63) is 29.8 Å². The minimum Gasteiger partial charge on any atom is -0.497 e. The minimum atomic E-state index is 0.607. The Balaban J connectivity index is 2.15. The van der Waals surface area contributed by atoms with Gasteiger partial charge in [-0.05, 0) is 50.0 Å². The van der Waals surface area contributed by atoms with Crippen molar-refractivity contribution < 1.29 is 4.74 Å². The fraction of sp³-hybridized carbons (Fsp3) is 0.571. The highest BCUT2D eigenvalue weighted by Gasteiger charge is 2.25. The highest BCUT2D eigenvalue weighted by Crippen LogP contribution is 2.33. The van der Waals surface area contributed by atoms with Crippen LogP contribution in [0.15, 0.2) is 24.3 Å². The van der Waals surface area contributed by atoms with E-state index in [0.717, 1.165) is 5.75 Å². The average molecular weight is 219 g/mol. The SMILES string of the molecule is CCCN1CCCC1c1cccc(OC)c1. The van der Waals surface area contributed by atoms with Crippen LogP contribution >= 0.6 is 0 Å². The summed E-state index contributed by atoms with van der Waals surface area (Å²) in [6.07, 6.45) is 3.84. The largest absolute Gasteiger partial charge is 0.497 e. The lowest BCUT2D eigenvalue weighted by Gasteiger charge is -2.24. The fourth-order valence-electron chi connectivity index (χ4n) is 2.61. The zero-order valence-electron chi connectivity index (χ0n) is 10.3. The summed E-state index contributed by atoms with van der Waals surface area (Å²) < 4.78 is 5.29. The summed E-state index contributed by atoms with van der Waals surface area (Å²) in [5.41, 5.74) is 1.41. The van der Waals surface area contributed by atoms with Crippen molar-refractivity contribution >= 4 is 0 Å². The predicted molar refractivity (Wildman–Crippen MR) is 66.8 cm³/mol. The lowest BCUT2D eigenvalue weighted by molar-refractivity contribution is 0.257. The average Bonchev–Trinajstić information content (AvgIpc) is 2.78. The Morgan fingerprint density at radius 2 is 2.31 bits per heavy atom. The van der Waals surface area contributed by atoms with Crippen molar-refractivity contribution in [2.75, 3.05) is 20.2 Å². The zero-order valence-corrected chi connectivity index (χ0v) is 10.3. The van der Waals surface area contributed by atoms with Crippen LogP contribution in [0.5, 0.6) is 5.75 Å². The number of benzene rings is 1. The molecular formula is C14H21NO. The van der Waals surface area contributed by atoms with E-state index in [1.165, 1.54) is 37.9 Å². The molecule has 1 aliphatic heterocycles. The highest BCUT2D eigenvalue weighted by atomic mass is 16.5. The van der Waals surface area contributed by atoms with Crippen LogP contribution in [0.3, 0.4) is 0 Å². The molecule has 1 aromatic carbocycles. The quantitative estimate of drug-likeness (QED) is 0.770. The molecule has 0 spiro atoms. The van der Waals surface area contributed by atoms with Gasteiger partial charge >= 0.3 is 0 Å². The molecule has 16 heavy (non-hydrogen) atoms. The summed E-state index contributed by atoms with van der Waals surface area (Å²) in [5.74, 6) is 0.973. The Bertz CT molecular complexity index is 337. The Morgan fingerprint density at radius 1 is 1.44 bits per heavy atom. The second-order valence-corrected chi connectivity index (χ2v) is 4.47. The van der Waals surface area contributed by atoms with Gasteiger partial charge in [0.2, 0.25) is 0 Å². The van der Waals surface area contributed by atoms with Gasteiger partial charge in [-0.25, -0.2) is 0 Å². The topological polar surface area (TPSA) is 12.5 Å². The van der Waals surface area contributed by atoms with Gasteiger partial charge in [-0.1, -0.05) is 19.1 Å². The molecule has 1 aliphatic rings. The fourth-order valence-corrected chi connectivity index (χ4v) is 2.61. The standard InChI is InChI=1S/C14H21NO/c1-3-9-15-10-5-8-14(15)12-6-4-7-13(11-12)16-2/h4,6-7,11,14H,3,5,8-10H2,1-2H3. The third-order valence-corrected chi connectivity index (χ3v) is 3.35. The van der Waals surface area contributed by atoms with Gasteiger partial charge in [-0.2, -0.15) is 0 Å². The molecule has 1 saturated heterocycles. The van der Waals surface area contributed by atoms with Crippen molar-refractivity contribution in [1.29, 1.82) is 0 Å². The number of likely N-dealkylation sites (tertiary alicyclic amines) is 1. The number of hydrogen-bond donors (Lipinski definition) is 0. The van der Waals surface area contributed by atoms with E-state index in [2.05, 4.69) is 30.0 Å². The molecule has 0 aliphatic carbocycles. The van der Waals surface area contributed by atoms with Crippen molar-refractivity contribution in [3.63, 3.8) is 0 Å². The molecule has 2 rings (SSSR count). The van der Waals surface area contributed by atoms with E-state index in [4.69, 9.17) is 4.74 Å². The van der Waals surface area contributed by atoms with Gasteiger partial charge in [0.1, 0.15) is 5.75 Å². The maximum Gasteiger partial charge on any atom is 0.119 e. The lowest BCUT2D eigenvalue weighted by atomic mass is 10.0. The molecule has 1 aromatic rings. The van der Waals surface area contributed by atoms with E-state index >= 15 is 0 Å². The van der Waals surface area contributed by atoms with Crippen LogP contribution in [-0.2, 0) is 0 Å². The summed E-state index contributed by atoms with van der Waals surface area (Å²) in [4.78, 5) is 2.59. The first kappa shape index (κ1) is 11.5. The molecule has 1 atom stereocenters. The smallest absolute Gasteiger partial charge is 0.119 e. The third-order valence-electron chi connectivity index (χ3n) is 3.35. The second kappa shape index (κ2) is 5.35. The molecule has 1 unspecified atom stereocenters. The van der Waals surface area contributed by atoms with E-state index in [1.54, 1.807) is 7.11 Å². The van der Waals surface area contributed by atoms with E-state index in [-0.39, 0.29) is 0 Å². The molecule has 0 aromatic heterocycles. The zero-order chi connectivity index (χ0) is 11.4. The van der Waals surface area contributed by atoms with Crippen LogP contribution in [0.2, 0.25) is 0 Å². The minimum absolute atomic E-state index is 0.607. The third kappa shape index (κ3) is 2.38. The Kier molecular flexibility index (Phi) is 3.83. The molecular weight excluding hydrogens is 198 g/mol. The van der Waals surface area contributed by atoms with Crippen LogP contribution in [0, 0.1) is 0 Å². The second-order valence-electron chi connectivity index (χ2n) is 4.47. The maximum absolute atomic E-state index is 5.29. The number of ether oxygens (including phenoxy) is 1. The number of rotatable bonds is 4. The van der Waals surface area contributed by atoms with Crippen molar-refractivity contribution in [3.8, 4) is 5.75 Å². The van der Waals surface area contributed by atoms with E-state index in [9.17, 15) is 0 Å². The molecule has 0 saturated carbocycles. The maximum atomic E-state index is 5.29. The van der Waals surface area contributed by atoms with Gasteiger partial charge in [0.05, 0.1) is 7.11 Å². The van der Waals surface area contributed by atoms with Gasteiger partial charge in [0, 0.05) is 6.04 Å². The number of methoxy groups -OCH3 is 1. The first-order valence-corrected chi connectivity index (χ1v) is 6.23. The Labute approximate surface area is 98.2 Å². The molecule has 0 radical (unpaired) electrons. The van der Waals surface area contributed by atoms with Crippen LogP contribution in [-0.4, -0.2) is 25.1 Å². The summed E-state index contributed by atoms with van der Waals surface area (Å²) in [7, 11) is 1.73. The van der Waals surface area contributed by atoms with Crippen LogP contribution in [0.1, 0.15) is 37.8 Å². The van der Waals surface area contributed by atoms with Gasteiger partial charge in [-0.3, -0.25) is 4.90 Å². The Morgan fingerprint density at radius 3 is 3.06 bits per heavy atom. The molecule has 0 amide bonds. The number of hydrogen-bond acceptors (Lipinski definition) is 2. The predicted octanol–water partition coefficient (Wildman–Crippen LogP) is 3.24. The van der Waals surface area contributed by atoms with Crippen molar-refractivity contribution in [2.45, 2.75) is 32.2 Å². The Hall–Kier alpha value is -1.02.